The van der Waals surface area contributed by atoms with Crippen LogP contribution in [0.3, 0.4) is 0 Å². The molecule has 0 aromatic heterocycles. The Labute approximate surface area is 129 Å². The zero-order valence-electron chi connectivity index (χ0n) is 12.8. The first-order valence-corrected chi connectivity index (χ1v) is 7.34. The van der Waals surface area contributed by atoms with Gasteiger partial charge in [0.1, 0.15) is 6.10 Å². The third kappa shape index (κ3) is 3.87. The van der Waals surface area contributed by atoms with E-state index in [0.29, 0.717) is 6.61 Å². The van der Waals surface area contributed by atoms with Gasteiger partial charge in [-0.05, 0) is 13.0 Å². The number of piperidine rings is 1. The van der Waals surface area contributed by atoms with E-state index in [9.17, 15) is 14.9 Å². The zero-order chi connectivity index (χ0) is 16.1. The summed E-state index contributed by atoms with van der Waals surface area (Å²) in [4.78, 5) is 23.6. The van der Waals surface area contributed by atoms with Gasteiger partial charge >= 0.3 is 11.7 Å². The lowest BCUT2D eigenvalue weighted by atomic mass is 10.1. The summed E-state index contributed by atoms with van der Waals surface area (Å²) in [6, 6.07) is 4.90. The molecule has 1 aliphatic rings. The van der Waals surface area contributed by atoms with Gasteiger partial charge in [0.25, 0.3) is 0 Å². The average Bonchev–Trinajstić information content (AvgIpc) is 2.47. The maximum Gasteiger partial charge on any atom is 0.311 e. The fourth-order valence-corrected chi connectivity index (χ4v) is 2.59. The second-order valence-electron chi connectivity index (χ2n) is 5.14. The zero-order valence-corrected chi connectivity index (χ0v) is 12.8. The van der Waals surface area contributed by atoms with E-state index < -0.39 is 4.92 Å². The largest absolute Gasteiger partial charge is 0.487 e. The van der Waals surface area contributed by atoms with Gasteiger partial charge in [-0.25, -0.2) is 0 Å². The van der Waals surface area contributed by atoms with Crippen LogP contribution < -0.4 is 9.64 Å². The summed E-state index contributed by atoms with van der Waals surface area (Å²) in [6.07, 6.45) is 1.46. The molecule has 0 saturated carbocycles. The molecule has 0 N–H and O–H groups in total. The van der Waals surface area contributed by atoms with Crippen LogP contribution in [0.25, 0.3) is 0 Å². The van der Waals surface area contributed by atoms with Gasteiger partial charge in [-0.1, -0.05) is 0 Å². The molecule has 1 fully saturated rings. The van der Waals surface area contributed by atoms with Gasteiger partial charge in [0.05, 0.1) is 11.5 Å². The predicted molar refractivity (Wildman–Crippen MR) is 81.3 cm³/mol. The van der Waals surface area contributed by atoms with Crippen molar-refractivity contribution < 1.29 is 19.2 Å². The lowest BCUT2D eigenvalue weighted by Crippen LogP contribution is -2.37. The number of anilines is 1. The Morgan fingerprint density at radius 3 is 2.64 bits per heavy atom. The molecule has 1 aromatic rings. The number of carbonyl (C=O) groups is 1. The maximum absolute atomic E-state index is 11.0. The molecule has 1 aromatic carbocycles. The first kappa shape index (κ1) is 16.1. The summed E-state index contributed by atoms with van der Waals surface area (Å²) in [6.45, 7) is 5.06. The lowest BCUT2D eigenvalue weighted by Gasteiger charge is -2.33. The standard InChI is InChI=1S/C15H20N2O5/c1-3-21-15-10-12(4-5-14(15)17(19)20)16-8-6-13(7-9-16)22-11(2)18/h4-5,10,13H,3,6-9H2,1-2H3. The molecule has 0 unspecified atom stereocenters. The molecule has 1 heterocycles. The molecule has 0 radical (unpaired) electrons. The van der Waals surface area contributed by atoms with Gasteiger partial charge in [0.15, 0.2) is 5.75 Å². The van der Waals surface area contributed by atoms with Crippen LogP contribution in [-0.2, 0) is 9.53 Å². The lowest BCUT2D eigenvalue weighted by molar-refractivity contribution is -0.385. The maximum atomic E-state index is 11.0. The highest BCUT2D eigenvalue weighted by Crippen LogP contribution is 2.33. The van der Waals surface area contributed by atoms with E-state index in [4.69, 9.17) is 9.47 Å². The van der Waals surface area contributed by atoms with Gasteiger partial charge in [0.2, 0.25) is 0 Å². The Hall–Kier alpha value is -2.31. The van der Waals surface area contributed by atoms with Crippen molar-refractivity contribution in [1.29, 1.82) is 0 Å². The quantitative estimate of drug-likeness (QED) is 0.472. The first-order valence-electron chi connectivity index (χ1n) is 7.34. The number of nitrogens with zero attached hydrogens (tertiary/aromatic N) is 2. The molecule has 0 aliphatic carbocycles. The molecule has 0 spiro atoms. The highest BCUT2D eigenvalue weighted by molar-refractivity contribution is 5.66. The number of hydrogen-bond donors (Lipinski definition) is 0. The summed E-state index contributed by atoms with van der Waals surface area (Å²) >= 11 is 0. The van der Waals surface area contributed by atoms with Crippen LogP contribution >= 0.6 is 0 Å². The Kier molecular flexibility index (Phi) is 5.19. The third-order valence-corrected chi connectivity index (χ3v) is 3.58. The summed E-state index contributed by atoms with van der Waals surface area (Å²) < 4.78 is 10.6. The van der Waals surface area contributed by atoms with Crippen LogP contribution in [0.4, 0.5) is 11.4 Å². The number of esters is 1. The van der Waals surface area contributed by atoms with Crippen LogP contribution in [0.5, 0.6) is 5.75 Å². The minimum Gasteiger partial charge on any atom is -0.487 e. The van der Waals surface area contributed by atoms with E-state index in [1.165, 1.54) is 13.0 Å². The molecular formula is C15H20N2O5. The summed E-state index contributed by atoms with van der Waals surface area (Å²) in [5, 5.41) is 11.0. The molecule has 2 rings (SSSR count). The topological polar surface area (TPSA) is 81.9 Å². The monoisotopic (exact) mass is 308 g/mol. The number of nitro groups is 1. The minimum absolute atomic E-state index is 0.0274. The Morgan fingerprint density at radius 2 is 2.09 bits per heavy atom. The van der Waals surface area contributed by atoms with Gasteiger partial charge in [-0.15, -0.1) is 0 Å². The van der Waals surface area contributed by atoms with E-state index in [1.54, 1.807) is 19.1 Å². The predicted octanol–water partition coefficient (Wildman–Crippen LogP) is 2.53. The molecule has 0 amide bonds. The van der Waals surface area contributed by atoms with Crippen molar-refractivity contribution in [2.75, 3.05) is 24.6 Å². The SMILES string of the molecule is CCOc1cc(N2CCC(OC(C)=O)CC2)ccc1[N+](=O)[O-]. The van der Waals surface area contributed by atoms with Crippen molar-refractivity contribution >= 4 is 17.3 Å². The normalized spacial score (nSPS) is 15.5. The van der Waals surface area contributed by atoms with E-state index in [2.05, 4.69) is 4.90 Å². The highest BCUT2D eigenvalue weighted by Gasteiger charge is 2.23. The van der Waals surface area contributed by atoms with Gasteiger partial charge < -0.3 is 14.4 Å². The number of ether oxygens (including phenoxy) is 2. The van der Waals surface area contributed by atoms with Crippen LogP contribution in [0.2, 0.25) is 0 Å². The fourth-order valence-electron chi connectivity index (χ4n) is 2.59. The van der Waals surface area contributed by atoms with Gasteiger partial charge in [-0.2, -0.15) is 0 Å². The molecule has 120 valence electrons. The van der Waals surface area contributed by atoms with E-state index in [1.807, 2.05) is 0 Å². The summed E-state index contributed by atoms with van der Waals surface area (Å²) in [5.41, 5.74) is 0.857. The number of hydrogen-bond acceptors (Lipinski definition) is 6. The molecule has 0 bridgehead atoms. The number of nitro benzene ring substituents is 1. The molecule has 0 atom stereocenters. The highest BCUT2D eigenvalue weighted by atomic mass is 16.6. The van der Waals surface area contributed by atoms with Crippen molar-refractivity contribution in [3.05, 3.63) is 28.3 Å². The Morgan fingerprint density at radius 1 is 1.41 bits per heavy atom. The van der Waals surface area contributed by atoms with Crippen LogP contribution in [0.15, 0.2) is 18.2 Å². The second-order valence-corrected chi connectivity index (χ2v) is 5.14. The van der Waals surface area contributed by atoms with Crippen molar-refractivity contribution in [2.24, 2.45) is 0 Å². The Bertz CT molecular complexity index is 553. The van der Waals surface area contributed by atoms with Crippen molar-refractivity contribution in [3.8, 4) is 5.75 Å². The van der Waals surface area contributed by atoms with Gasteiger partial charge in [-0.3, -0.25) is 14.9 Å². The molecule has 7 heteroatoms. The molecule has 1 aliphatic heterocycles. The fraction of sp³-hybridized carbons (Fsp3) is 0.533. The molecule has 7 nitrogen and oxygen atoms in total. The van der Waals surface area contributed by atoms with Crippen LogP contribution in [0.1, 0.15) is 26.7 Å². The average molecular weight is 308 g/mol. The minimum atomic E-state index is -0.443. The number of benzene rings is 1. The van der Waals surface area contributed by atoms with E-state index in [-0.39, 0.29) is 23.5 Å². The van der Waals surface area contributed by atoms with Crippen LogP contribution in [0, 0.1) is 10.1 Å². The second kappa shape index (κ2) is 7.11. The summed E-state index contributed by atoms with van der Waals surface area (Å²) in [5.74, 6) is 0.0273. The van der Waals surface area contributed by atoms with Crippen LogP contribution in [-0.4, -0.2) is 36.7 Å². The van der Waals surface area contributed by atoms with Crippen molar-refractivity contribution in [3.63, 3.8) is 0 Å². The molecular weight excluding hydrogens is 288 g/mol. The van der Waals surface area contributed by atoms with E-state index >= 15 is 0 Å². The summed E-state index contributed by atoms with van der Waals surface area (Å²) in [7, 11) is 0. The third-order valence-electron chi connectivity index (χ3n) is 3.58. The number of carbonyl (C=O) groups excluding carboxylic acids is 1. The van der Waals surface area contributed by atoms with E-state index in [0.717, 1.165) is 31.6 Å². The smallest absolute Gasteiger partial charge is 0.311 e. The Balaban J connectivity index is 2.08. The van der Waals surface area contributed by atoms with Crippen molar-refractivity contribution in [2.45, 2.75) is 32.8 Å². The van der Waals surface area contributed by atoms with Crippen molar-refractivity contribution in [1.82, 2.24) is 0 Å². The number of rotatable bonds is 5. The van der Waals surface area contributed by atoms with Gasteiger partial charge in [0, 0.05) is 50.7 Å². The molecule has 1 saturated heterocycles. The molecule has 22 heavy (non-hydrogen) atoms. The first-order chi connectivity index (χ1) is 10.5.